The molecular formula is C14H21FN2O. The zero-order chi connectivity index (χ0) is 13.0. The largest absolute Gasteiger partial charge is 0.508 e. The minimum atomic E-state index is -0.384. The average molecular weight is 252 g/mol. The molecule has 0 aliphatic carbocycles. The molecule has 0 spiro atoms. The summed E-state index contributed by atoms with van der Waals surface area (Å²) in [6, 6.07) is 4.66. The number of phenols is 1. The standard InChI is InChI=1S/C14H21FN2O/c1-2-17-5-3-4-13(10-17)16-9-11-6-12(15)8-14(18)7-11/h6-8,13,16,18H,2-5,9-10H2,1H3. The van der Waals surface area contributed by atoms with Gasteiger partial charge in [-0.05, 0) is 43.6 Å². The summed E-state index contributed by atoms with van der Waals surface area (Å²) >= 11 is 0. The number of phenolic OH excluding ortho intramolecular Hbond substituents is 1. The van der Waals surface area contributed by atoms with Crippen LogP contribution in [0.25, 0.3) is 0 Å². The second kappa shape index (κ2) is 6.16. The number of aromatic hydroxyl groups is 1. The molecule has 1 fully saturated rings. The van der Waals surface area contributed by atoms with Gasteiger partial charge in [-0.25, -0.2) is 4.39 Å². The van der Waals surface area contributed by atoms with Crippen LogP contribution in [0.3, 0.4) is 0 Å². The van der Waals surface area contributed by atoms with E-state index < -0.39 is 0 Å². The fraction of sp³-hybridized carbons (Fsp3) is 0.571. The van der Waals surface area contributed by atoms with Crippen molar-refractivity contribution in [1.82, 2.24) is 10.2 Å². The quantitative estimate of drug-likeness (QED) is 0.861. The molecule has 2 N–H and O–H groups in total. The van der Waals surface area contributed by atoms with E-state index in [1.807, 2.05) is 0 Å². The third-order valence-electron chi connectivity index (χ3n) is 3.49. The maximum absolute atomic E-state index is 13.1. The van der Waals surface area contributed by atoms with Gasteiger partial charge in [-0.2, -0.15) is 0 Å². The van der Waals surface area contributed by atoms with Crippen molar-refractivity contribution in [3.63, 3.8) is 0 Å². The fourth-order valence-electron chi connectivity index (χ4n) is 2.51. The minimum absolute atomic E-state index is 0.00868. The summed E-state index contributed by atoms with van der Waals surface area (Å²) in [6.45, 7) is 6.09. The molecular weight excluding hydrogens is 231 g/mol. The van der Waals surface area contributed by atoms with Crippen molar-refractivity contribution in [2.75, 3.05) is 19.6 Å². The van der Waals surface area contributed by atoms with Gasteiger partial charge in [-0.15, -0.1) is 0 Å². The third-order valence-corrected chi connectivity index (χ3v) is 3.49. The molecule has 1 aromatic rings. The Labute approximate surface area is 108 Å². The first kappa shape index (κ1) is 13.3. The number of likely N-dealkylation sites (N-methyl/N-ethyl adjacent to an activating group) is 1. The molecule has 0 aromatic heterocycles. The molecule has 4 heteroatoms. The Hall–Kier alpha value is -1.13. The van der Waals surface area contributed by atoms with E-state index >= 15 is 0 Å². The van der Waals surface area contributed by atoms with Gasteiger partial charge in [-0.1, -0.05) is 6.92 Å². The van der Waals surface area contributed by atoms with Gasteiger partial charge in [0.1, 0.15) is 11.6 Å². The van der Waals surface area contributed by atoms with Crippen molar-refractivity contribution in [1.29, 1.82) is 0 Å². The van der Waals surface area contributed by atoms with Crippen molar-refractivity contribution in [3.05, 3.63) is 29.6 Å². The summed E-state index contributed by atoms with van der Waals surface area (Å²) in [7, 11) is 0. The topological polar surface area (TPSA) is 35.5 Å². The molecule has 0 amide bonds. The van der Waals surface area contributed by atoms with E-state index in [1.54, 1.807) is 6.07 Å². The van der Waals surface area contributed by atoms with Crippen LogP contribution in [0.1, 0.15) is 25.3 Å². The second-order valence-corrected chi connectivity index (χ2v) is 4.93. The van der Waals surface area contributed by atoms with Crippen molar-refractivity contribution in [2.24, 2.45) is 0 Å². The summed E-state index contributed by atoms with van der Waals surface area (Å²) in [6.07, 6.45) is 2.37. The summed E-state index contributed by atoms with van der Waals surface area (Å²) in [5.41, 5.74) is 0.793. The fourth-order valence-corrected chi connectivity index (χ4v) is 2.51. The number of halogens is 1. The zero-order valence-corrected chi connectivity index (χ0v) is 10.8. The first-order chi connectivity index (χ1) is 8.67. The maximum Gasteiger partial charge on any atom is 0.127 e. The Morgan fingerprint density at radius 1 is 1.44 bits per heavy atom. The van der Waals surface area contributed by atoms with Gasteiger partial charge < -0.3 is 15.3 Å². The highest BCUT2D eigenvalue weighted by molar-refractivity contribution is 5.28. The highest BCUT2D eigenvalue weighted by Gasteiger charge is 2.17. The van der Waals surface area contributed by atoms with Crippen molar-refractivity contribution in [3.8, 4) is 5.75 Å². The predicted molar refractivity (Wildman–Crippen MR) is 70.0 cm³/mol. The summed E-state index contributed by atoms with van der Waals surface area (Å²) in [4.78, 5) is 2.42. The molecule has 18 heavy (non-hydrogen) atoms. The van der Waals surface area contributed by atoms with E-state index in [0.29, 0.717) is 12.6 Å². The average Bonchev–Trinajstić information content (AvgIpc) is 2.35. The summed E-state index contributed by atoms with van der Waals surface area (Å²) in [5, 5.41) is 12.8. The summed E-state index contributed by atoms with van der Waals surface area (Å²) in [5.74, 6) is -0.392. The van der Waals surface area contributed by atoms with Gasteiger partial charge >= 0.3 is 0 Å². The summed E-state index contributed by atoms with van der Waals surface area (Å²) < 4.78 is 13.1. The molecule has 1 aliphatic heterocycles. The smallest absolute Gasteiger partial charge is 0.127 e. The SMILES string of the molecule is CCN1CCCC(NCc2cc(O)cc(F)c2)C1. The zero-order valence-electron chi connectivity index (χ0n) is 10.8. The van der Waals surface area contributed by atoms with Crippen LogP contribution in [0, 0.1) is 5.82 Å². The van der Waals surface area contributed by atoms with Crippen LogP contribution in [-0.2, 0) is 6.54 Å². The molecule has 0 radical (unpaired) electrons. The number of nitrogens with zero attached hydrogens (tertiary/aromatic N) is 1. The van der Waals surface area contributed by atoms with Crippen LogP contribution >= 0.6 is 0 Å². The van der Waals surface area contributed by atoms with E-state index in [1.165, 1.54) is 19.0 Å². The molecule has 1 aromatic carbocycles. The number of hydrogen-bond donors (Lipinski definition) is 2. The van der Waals surface area contributed by atoms with E-state index in [-0.39, 0.29) is 11.6 Å². The minimum Gasteiger partial charge on any atom is -0.508 e. The van der Waals surface area contributed by atoms with Crippen LogP contribution in [0.2, 0.25) is 0 Å². The normalized spacial score (nSPS) is 21.1. The van der Waals surface area contributed by atoms with E-state index in [4.69, 9.17) is 0 Å². The van der Waals surface area contributed by atoms with Gasteiger partial charge in [0.25, 0.3) is 0 Å². The molecule has 1 aliphatic rings. The lowest BCUT2D eigenvalue weighted by molar-refractivity contribution is 0.198. The van der Waals surface area contributed by atoms with Gasteiger partial charge in [-0.3, -0.25) is 0 Å². The Morgan fingerprint density at radius 2 is 2.28 bits per heavy atom. The molecule has 1 heterocycles. The van der Waals surface area contributed by atoms with Gasteiger partial charge in [0, 0.05) is 25.2 Å². The van der Waals surface area contributed by atoms with Crippen LogP contribution in [-0.4, -0.2) is 35.7 Å². The van der Waals surface area contributed by atoms with Crippen LogP contribution in [0.15, 0.2) is 18.2 Å². The number of benzene rings is 1. The Balaban J connectivity index is 1.87. The van der Waals surface area contributed by atoms with Gasteiger partial charge in [0.2, 0.25) is 0 Å². The molecule has 1 unspecified atom stereocenters. The van der Waals surface area contributed by atoms with E-state index in [0.717, 1.165) is 31.1 Å². The van der Waals surface area contributed by atoms with Crippen LogP contribution < -0.4 is 5.32 Å². The van der Waals surface area contributed by atoms with Gasteiger partial charge in [0.15, 0.2) is 0 Å². The third kappa shape index (κ3) is 3.68. The maximum atomic E-state index is 13.1. The number of likely N-dealkylation sites (tertiary alicyclic amines) is 1. The first-order valence-corrected chi connectivity index (χ1v) is 6.61. The Morgan fingerprint density at radius 3 is 3.00 bits per heavy atom. The number of piperidine rings is 1. The predicted octanol–water partition coefficient (Wildman–Crippen LogP) is 2.11. The van der Waals surface area contributed by atoms with Crippen molar-refractivity contribution >= 4 is 0 Å². The van der Waals surface area contributed by atoms with Crippen LogP contribution in [0.4, 0.5) is 4.39 Å². The molecule has 0 bridgehead atoms. The Bertz CT molecular complexity index is 377. The molecule has 3 nitrogen and oxygen atoms in total. The lowest BCUT2D eigenvalue weighted by Gasteiger charge is -2.32. The molecule has 1 atom stereocenters. The first-order valence-electron chi connectivity index (χ1n) is 6.61. The molecule has 0 saturated carbocycles. The highest BCUT2D eigenvalue weighted by atomic mass is 19.1. The number of rotatable bonds is 4. The van der Waals surface area contributed by atoms with Crippen LogP contribution in [0.5, 0.6) is 5.75 Å². The lowest BCUT2D eigenvalue weighted by Crippen LogP contribution is -2.45. The second-order valence-electron chi connectivity index (χ2n) is 4.93. The lowest BCUT2D eigenvalue weighted by atomic mass is 10.1. The van der Waals surface area contributed by atoms with E-state index in [9.17, 15) is 9.50 Å². The number of nitrogens with one attached hydrogen (secondary N) is 1. The van der Waals surface area contributed by atoms with Crippen molar-refractivity contribution in [2.45, 2.75) is 32.4 Å². The molecule has 100 valence electrons. The monoisotopic (exact) mass is 252 g/mol. The molecule has 2 rings (SSSR count). The van der Waals surface area contributed by atoms with Gasteiger partial charge in [0.05, 0.1) is 0 Å². The highest BCUT2D eigenvalue weighted by Crippen LogP contribution is 2.15. The molecule has 1 saturated heterocycles. The Kier molecular flexibility index (Phi) is 4.55. The number of hydrogen-bond acceptors (Lipinski definition) is 3. The van der Waals surface area contributed by atoms with Crippen molar-refractivity contribution < 1.29 is 9.50 Å². The van der Waals surface area contributed by atoms with E-state index in [2.05, 4.69) is 17.1 Å².